The number of benzene rings is 2. The highest BCUT2D eigenvalue weighted by atomic mass is 35.5. The van der Waals surface area contributed by atoms with E-state index in [2.05, 4.69) is 17.8 Å². The summed E-state index contributed by atoms with van der Waals surface area (Å²) in [6, 6.07) is 11.5. The van der Waals surface area contributed by atoms with Crippen LogP contribution in [-0.2, 0) is 4.79 Å². The minimum atomic E-state index is -0.541. The summed E-state index contributed by atoms with van der Waals surface area (Å²) >= 11 is 11.8. The fraction of sp³-hybridized carbons (Fsp3) is 0.300. The Morgan fingerprint density at radius 2 is 1.75 bits per heavy atom. The van der Waals surface area contributed by atoms with Crippen molar-refractivity contribution in [2.24, 2.45) is 0 Å². The monoisotopic (exact) mass is 424 g/mol. The van der Waals surface area contributed by atoms with Crippen LogP contribution in [0.15, 0.2) is 42.5 Å². The molecule has 0 saturated carbocycles. The van der Waals surface area contributed by atoms with Gasteiger partial charge in [-0.1, -0.05) is 55.1 Å². The largest absolute Gasteiger partial charge is 0.493 e. The van der Waals surface area contributed by atoms with Crippen LogP contribution in [0, 0.1) is 0 Å². The number of hydrogen-bond acceptors (Lipinski definition) is 4. The van der Waals surface area contributed by atoms with Crippen molar-refractivity contribution in [1.29, 1.82) is 0 Å². The Labute approximate surface area is 174 Å². The van der Waals surface area contributed by atoms with E-state index in [1.807, 2.05) is 0 Å². The summed E-state index contributed by atoms with van der Waals surface area (Å²) in [5.41, 5.74) is 4.98. The molecule has 0 aromatic heterocycles. The predicted octanol–water partition coefficient (Wildman–Crippen LogP) is 4.40. The molecule has 0 aliphatic rings. The van der Waals surface area contributed by atoms with Crippen LogP contribution in [0.4, 0.5) is 0 Å². The summed E-state index contributed by atoms with van der Waals surface area (Å²) < 4.78 is 11.0. The molecule has 0 fully saturated rings. The maximum Gasteiger partial charge on any atom is 0.276 e. The van der Waals surface area contributed by atoms with Crippen LogP contribution in [0.25, 0.3) is 0 Å². The molecule has 0 radical (unpaired) electrons. The number of carbonyl (C=O) groups excluding carboxylic acids is 2. The first-order valence-corrected chi connectivity index (χ1v) is 9.65. The summed E-state index contributed by atoms with van der Waals surface area (Å²) in [5, 5.41) is 0.753. The van der Waals surface area contributed by atoms with Crippen molar-refractivity contribution >= 4 is 35.0 Å². The van der Waals surface area contributed by atoms with E-state index in [1.165, 1.54) is 6.07 Å². The number of nitrogens with one attached hydrogen (secondary N) is 2. The SMILES string of the molecule is CCCCCOc1ccccc1C(=O)NNC(=O)COc1ccc(Cl)cc1Cl. The van der Waals surface area contributed by atoms with Crippen molar-refractivity contribution in [3.8, 4) is 11.5 Å². The van der Waals surface area contributed by atoms with Crippen LogP contribution in [0.1, 0.15) is 36.5 Å². The van der Waals surface area contributed by atoms with Gasteiger partial charge in [-0.05, 0) is 36.8 Å². The molecule has 2 N–H and O–H groups in total. The van der Waals surface area contributed by atoms with E-state index in [-0.39, 0.29) is 6.61 Å². The highest BCUT2D eigenvalue weighted by molar-refractivity contribution is 6.35. The van der Waals surface area contributed by atoms with E-state index in [1.54, 1.807) is 36.4 Å². The van der Waals surface area contributed by atoms with Crippen LogP contribution in [0.2, 0.25) is 10.0 Å². The fourth-order valence-electron chi connectivity index (χ4n) is 2.28. The molecule has 0 atom stereocenters. The van der Waals surface area contributed by atoms with E-state index < -0.39 is 11.8 Å². The second kappa shape index (κ2) is 11.4. The van der Waals surface area contributed by atoms with Crippen molar-refractivity contribution < 1.29 is 19.1 Å². The number of rotatable bonds is 9. The topological polar surface area (TPSA) is 76.7 Å². The molecule has 2 aromatic rings. The third-order valence-corrected chi connectivity index (χ3v) is 4.24. The lowest BCUT2D eigenvalue weighted by molar-refractivity contribution is -0.123. The number of ether oxygens (including phenoxy) is 2. The lowest BCUT2D eigenvalue weighted by atomic mass is 10.2. The van der Waals surface area contributed by atoms with Crippen LogP contribution >= 0.6 is 23.2 Å². The molecule has 2 rings (SSSR count). The Morgan fingerprint density at radius 1 is 0.964 bits per heavy atom. The molecule has 2 aromatic carbocycles. The molecular formula is C20H22Cl2N2O4. The van der Waals surface area contributed by atoms with Gasteiger partial charge in [-0.3, -0.25) is 20.4 Å². The van der Waals surface area contributed by atoms with E-state index >= 15 is 0 Å². The van der Waals surface area contributed by atoms with E-state index in [4.69, 9.17) is 32.7 Å². The second-order valence-electron chi connectivity index (χ2n) is 5.92. The molecule has 2 amide bonds. The molecule has 28 heavy (non-hydrogen) atoms. The average molecular weight is 425 g/mol. The summed E-state index contributed by atoms with van der Waals surface area (Å²) in [6.07, 6.45) is 3.05. The number of carbonyl (C=O) groups is 2. The zero-order valence-electron chi connectivity index (χ0n) is 15.5. The standard InChI is InChI=1S/C20H22Cl2N2O4/c1-2-3-6-11-27-17-8-5-4-7-15(17)20(26)24-23-19(25)13-28-18-10-9-14(21)12-16(18)22/h4-5,7-10,12H,2-3,6,11,13H2,1H3,(H,23,25)(H,24,26). The minimum absolute atomic E-state index is 0.290. The molecule has 0 aliphatic carbocycles. The molecule has 0 spiro atoms. The van der Waals surface area contributed by atoms with Gasteiger partial charge >= 0.3 is 0 Å². The van der Waals surface area contributed by atoms with Gasteiger partial charge in [-0.2, -0.15) is 0 Å². The first-order valence-electron chi connectivity index (χ1n) is 8.90. The average Bonchev–Trinajstić information content (AvgIpc) is 2.69. The Kier molecular flexibility index (Phi) is 8.91. The molecule has 150 valence electrons. The minimum Gasteiger partial charge on any atom is -0.493 e. The third-order valence-electron chi connectivity index (χ3n) is 3.71. The van der Waals surface area contributed by atoms with Crippen LogP contribution in [-0.4, -0.2) is 25.0 Å². The van der Waals surface area contributed by atoms with Crippen molar-refractivity contribution in [3.63, 3.8) is 0 Å². The van der Waals surface area contributed by atoms with Crippen molar-refractivity contribution in [1.82, 2.24) is 10.9 Å². The first-order chi connectivity index (χ1) is 13.5. The Morgan fingerprint density at radius 3 is 2.50 bits per heavy atom. The van der Waals surface area contributed by atoms with Gasteiger partial charge in [0.2, 0.25) is 0 Å². The zero-order valence-corrected chi connectivity index (χ0v) is 17.0. The second-order valence-corrected chi connectivity index (χ2v) is 6.76. The van der Waals surface area contributed by atoms with Gasteiger partial charge in [0, 0.05) is 5.02 Å². The highest BCUT2D eigenvalue weighted by Crippen LogP contribution is 2.27. The van der Waals surface area contributed by atoms with Gasteiger partial charge < -0.3 is 9.47 Å². The molecular weight excluding hydrogens is 403 g/mol. The molecule has 0 aliphatic heterocycles. The van der Waals surface area contributed by atoms with Gasteiger partial charge in [-0.25, -0.2) is 0 Å². The van der Waals surface area contributed by atoms with Crippen LogP contribution < -0.4 is 20.3 Å². The van der Waals surface area contributed by atoms with Gasteiger partial charge in [0.15, 0.2) is 6.61 Å². The van der Waals surface area contributed by atoms with Crippen molar-refractivity contribution in [2.75, 3.05) is 13.2 Å². The smallest absolute Gasteiger partial charge is 0.276 e. The predicted molar refractivity (Wildman–Crippen MR) is 109 cm³/mol. The number of para-hydroxylation sites is 1. The molecule has 0 unspecified atom stereocenters. The maximum atomic E-state index is 12.3. The number of halogens is 2. The highest BCUT2D eigenvalue weighted by Gasteiger charge is 2.13. The quantitative estimate of drug-likeness (QED) is 0.461. The Bertz CT molecular complexity index is 815. The third kappa shape index (κ3) is 6.94. The summed E-state index contributed by atoms with van der Waals surface area (Å²) in [5.74, 6) is -0.238. The first kappa shape index (κ1) is 21.9. The number of unbranched alkanes of at least 4 members (excludes halogenated alkanes) is 2. The van der Waals surface area contributed by atoms with Gasteiger partial charge in [0.25, 0.3) is 11.8 Å². The van der Waals surface area contributed by atoms with E-state index in [9.17, 15) is 9.59 Å². The normalized spacial score (nSPS) is 10.2. The number of hydrogen-bond donors (Lipinski definition) is 2. The lowest BCUT2D eigenvalue weighted by Gasteiger charge is -2.13. The van der Waals surface area contributed by atoms with Crippen LogP contribution in [0.3, 0.4) is 0 Å². The molecule has 0 heterocycles. The molecule has 0 bridgehead atoms. The van der Waals surface area contributed by atoms with Gasteiger partial charge in [-0.15, -0.1) is 0 Å². The Hall–Kier alpha value is -2.44. The lowest BCUT2D eigenvalue weighted by Crippen LogP contribution is -2.43. The van der Waals surface area contributed by atoms with Crippen molar-refractivity contribution in [2.45, 2.75) is 26.2 Å². The fourth-order valence-corrected chi connectivity index (χ4v) is 2.74. The maximum absolute atomic E-state index is 12.3. The van der Waals surface area contributed by atoms with Crippen LogP contribution in [0.5, 0.6) is 11.5 Å². The zero-order chi connectivity index (χ0) is 20.4. The summed E-state index contributed by atoms with van der Waals surface area (Å²) in [7, 11) is 0. The van der Waals surface area contributed by atoms with Gasteiger partial charge in [0.1, 0.15) is 11.5 Å². The Balaban J connectivity index is 1.83. The molecule has 8 heteroatoms. The van der Waals surface area contributed by atoms with E-state index in [0.29, 0.717) is 33.7 Å². The molecule has 0 saturated heterocycles. The number of hydrazine groups is 1. The molecule has 6 nitrogen and oxygen atoms in total. The summed E-state index contributed by atoms with van der Waals surface area (Å²) in [4.78, 5) is 24.3. The summed E-state index contributed by atoms with van der Waals surface area (Å²) in [6.45, 7) is 2.31. The van der Waals surface area contributed by atoms with Gasteiger partial charge in [0.05, 0.1) is 17.2 Å². The number of amides is 2. The van der Waals surface area contributed by atoms with E-state index in [0.717, 1.165) is 19.3 Å². The van der Waals surface area contributed by atoms with Crippen molar-refractivity contribution in [3.05, 3.63) is 58.1 Å².